The van der Waals surface area contributed by atoms with Crippen LogP contribution in [-0.4, -0.2) is 11.8 Å². The molecule has 70 valence electrons. The van der Waals surface area contributed by atoms with Gasteiger partial charge < -0.3 is 9.26 Å². The first-order chi connectivity index (χ1) is 6.31. The standard InChI is InChI=1S/C9H10ClNO2/c1-2-12-6-3-4-7-8(5-6)13-11-9(7)10/h5H,2-4H2,1H3. The fourth-order valence-corrected chi connectivity index (χ4v) is 1.63. The van der Waals surface area contributed by atoms with Crippen LogP contribution in [0.2, 0.25) is 5.15 Å². The molecule has 0 aromatic carbocycles. The maximum absolute atomic E-state index is 5.81. The predicted molar refractivity (Wildman–Crippen MR) is 49.4 cm³/mol. The van der Waals surface area contributed by atoms with Crippen molar-refractivity contribution in [1.82, 2.24) is 5.16 Å². The Morgan fingerprint density at radius 2 is 2.46 bits per heavy atom. The lowest BCUT2D eigenvalue weighted by atomic mass is 10.0. The maximum Gasteiger partial charge on any atom is 0.175 e. The molecule has 0 saturated carbocycles. The van der Waals surface area contributed by atoms with Gasteiger partial charge in [0.15, 0.2) is 10.9 Å². The van der Waals surface area contributed by atoms with Gasteiger partial charge in [-0.25, -0.2) is 0 Å². The quantitative estimate of drug-likeness (QED) is 0.735. The van der Waals surface area contributed by atoms with Crippen molar-refractivity contribution in [2.24, 2.45) is 0 Å². The molecular formula is C9H10ClNO2. The number of hydrogen-bond donors (Lipinski definition) is 0. The van der Waals surface area contributed by atoms with Gasteiger partial charge in [0.25, 0.3) is 0 Å². The van der Waals surface area contributed by atoms with E-state index in [9.17, 15) is 0 Å². The molecule has 1 aliphatic rings. The zero-order valence-electron chi connectivity index (χ0n) is 7.34. The topological polar surface area (TPSA) is 35.3 Å². The normalized spacial score (nSPS) is 15.1. The Labute approximate surface area is 81.3 Å². The smallest absolute Gasteiger partial charge is 0.175 e. The molecule has 0 atom stereocenters. The minimum atomic E-state index is 0.474. The fraction of sp³-hybridized carbons (Fsp3) is 0.444. The van der Waals surface area contributed by atoms with Crippen LogP contribution in [0, 0.1) is 0 Å². The average molecular weight is 200 g/mol. The average Bonchev–Trinajstić information content (AvgIpc) is 2.48. The number of halogens is 1. The molecule has 0 radical (unpaired) electrons. The van der Waals surface area contributed by atoms with E-state index in [0.29, 0.717) is 11.8 Å². The summed E-state index contributed by atoms with van der Waals surface area (Å²) in [6, 6.07) is 0. The molecule has 1 aromatic rings. The maximum atomic E-state index is 5.81. The van der Waals surface area contributed by atoms with Gasteiger partial charge in [0.2, 0.25) is 0 Å². The van der Waals surface area contributed by atoms with Gasteiger partial charge in [-0.3, -0.25) is 0 Å². The molecule has 0 fully saturated rings. The number of allylic oxidation sites excluding steroid dienone is 1. The highest BCUT2D eigenvalue weighted by atomic mass is 35.5. The monoisotopic (exact) mass is 199 g/mol. The number of nitrogens with zero attached hydrogens (tertiary/aromatic N) is 1. The molecule has 4 heteroatoms. The third-order valence-corrected chi connectivity index (χ3v) is 2.31. The zero-order valence-corrected chi connectivity index (χ0v) is 8.10. The molecule has 2 rings (SSSR count). The van der Waals surface area contributed by atoms with Crippen LogP contribution in [0.1, 0.15) is 24.7 Å². The molecule has 0 bridgehead atoms. The van der Waals surface area contributed by atoms with E-state index in [0.717, 1.165) is 29.9 Å². The van der Waals surface area contributed by atoms with Crippen molar-refractivity contribution in [3.8, 4) is 0 Å². The summed E-state index contributed by atoms with van der Waals surface area (Å²) in [4.78, 5) is 0. The van der Waals surface area contributed by atoms with Crippen LogP contribution < -0.4 is 0 Å². The summed E-state index contributed by atoms with van der Waals surface area (Å²) in [6.07, 6.45) is 3.59. The molecule has 1 aromatic heterocycles. The Hall–Kier alpha value is -0.960. The lowest BCUT2D eigenvalue weighted by Gasteiger charge is -2.11. The van der Waals surface area contributed by atoms with E-state index >= 15 is 0 Å². The third kappa shape index (κ3) is 1.56. The van der Waals surface area contributed by atoms with E-state index in [-0.39, 0.29) is 0 Å². The summed E-state index contributed by atoms with van der Waals surface area (Å²) >= 11 is 5.81. The van der Waals surface area contributed by atoms with E-state index in [1.165, 1.54) is 0 Å². The molecular weight excluding hydrogens is 190 g/mol. The molecule has 13 heavy (non-hydrogen) atoms. The Balaban J connectivity index is 2.28. The van der Waals surface area contributed by atoms with Crippen molar-refractivity contribution in [2.45, 2.75) is 19.8 Å². The van der Waals surface area contributed by atoms with Crippen LogP contribution in [0.3, 0.4) is 0 Å². The van der Waals surface area contributed by atoms with Crippen molar-refractivity contribution >= 4 is 17.7 Å². The van der Waals surface area contributed by atoms with Gasteiger partial charge in [-0.1, -0.05) is 16.8 Å². The summed E-state index contributed by atoms with van der Waals surface area (Å²) in [5.74, 6) is 1.68. The van der Waals surface area contributed by atoms with Crippen molar-refractivity contribution in [2.75, 3.05) is 6.61 Å². The number of rotatable bonds is 2. The van der Waals surface area contributed by atoms with Gasteiger partial charge in [0.05, 0.1) is 6.61 Å². The zero-order chi connectivity index (χ0) is 9.26. The van der Waals surface area contributed by atoms with Crippen LogP contribution >= 0.6 is 11.6 Å². The second-order valence-electron chi connectivity index (χ2n) is 2.86. The first kappa shape index (κ1) is 8.63. The second-order valence-corrected chi connectivity index (χ2v) is 3.22. The van der Waals surface area contributed by atoms with Crippen LogP contribution in [0.5, 0.6) is 0 Å². The van der Waals surface area contributed by atoms with Gasteiger partial charge in [0, 0.05) is 18.1 Å². The lowest BCUT2D eigenvalue weighted by Crippen LogP contribution is -2.00. The molecule has 0 spiro atoms. The van der Waals surface area contributed by atoms with Crippen LogP contribution in [-0.2, 0) is 11.2 Å². The Bertz CT molecular complexity index is 343. The summed E-state index contributed by atoms with van der Waals surface area (Å²) in [6.45, 7) is 2.65. The molecule has 0 N–H and O–H groups in total. The molecule has 1 heterocycles. The summed E-state index contributed by atoms with van der Waals surface area (Å²) in [7, 11) is 0. The van der Waals surface area contributed by atoms with Gasteiger partial charge in [-0.15, -0.1) is 0 Å². The summed E-state index contributed by atoms with van der Waals surface area (Å²) in [5, 5.41) is 4.16. The predicted octanol–water partition coefficient (Wildman–Crippen LogP) is 2.65. The minimum absolute atomic E-state index is 0.474. The fourth-order valence-electron chi connectivity index (χ4n) is 1.41. The Kier molecular flexibility index (Phi) is 2.27. The number of aromatic nitrogens is 1. The summed E-state index contributed by atoms with van der Waals surface area (Å²) < 4.78 is 10.4. The number of hydrogen-bond acceptors (Lipinski definition) is 3. The highest BCUT2D eigenvalue weighted by Crippen LogP contribution is 2.29. The van der Waals surface area contributed by atoms with Crippen molar-refractivity contribution in [3.63, 3.8) is 0 Å². The van der Waals surface area contributed by atoms with E-state index in [4.69, 9.17) is 20.9 Å². The van der Waals surface area contributed by atoms with E-state index in [1.807, 2.05) is 13.0 Å². The van der Waals surface area contributed by atoms with Gasteiger partial charge in [0.1, 0.15) is 5.76 Å². The third-order valence-electron chi connectivity index (χ3n) is 2.01. The second kappa shape index (κ2) is 3.42. The Morgan fingerprint density at radius 3 is 3.23 bits per heavy atom. The summed E-state index contributed by atoms with van der Waals surface area (Å²) in [5.41, 5.74) is 0.991. The van der Waals surface area contributed by atoms with E-state index < -0.39 is 0 Å². The molecule has 0 aliphatic heterocycles. The molecule has 0 saturated heterocycles. The first-order valence-electron chi connectivity index (χ1n) is 4.28. The van der Waals surface area contributed by atoms with Gasteiger partial charge in [-0.05, 0) is 13.3 Å². The van der Waals surface area contributed by atoms with Crippen LogP contribution in [0.4, 0.5) is 0 Å². The van der Waals surface area contributed by atoms with Gasteiger partial charge in [-0.2, -0.15) is 0 Å². The van der Waals surface area contributed by atoms with Crippen molar-refractivity contribution in [3.05, 3.63) is 22.2 Å². The SMILES string of the molecule is CCOC1=Cc2onc(Cl)c2CC1. The minimum Gasteiger partial charge on any atom is -0.498 e. The van der Waals surface area contributed by atoms with Gasteiger partial charge >= 0.3 is 0 Å². The highest BCUT2D eigenvalue weighted by molar-refractivity contribution is 6.30. The number of fused-ring (bicyclic) bond motifs is 1. The Morgan fingerprint density at radius 1 is 1.62 bits per heavy atom. The molecule has 3 nitrogen and oxygen atoms in total. The van der Waals surface area contributed by atoms with Crippen molar-refractivity contribution < 1.29 is 9.26 Å². The van der Waals surface area contributed by atoms with Crippen molar-refractivity contribution in [1.29, 1.82) is 0 Å². The van der Waals surface area contributed by atoms with Crippen LogP contribution in [0.25, 0.3) is 6.08 Å². The lowest BCUT2D eigenvalue weighted by molar-refractivity contribution is 0.220. The molecule has 1 aliphatic carbocycles. The number of ether oxygens (including phenoxy) is 1. The molecule has 0 amide bonds. The highest BCUT2D eigenvalue weighted by Gasteiger charge is 2.18. The largest absolute Gasteiger partial charge is 0.498 e. The molecule has 0 unspecified atom stereocenters. The van der Waals surface area contributed by atoms with E-state index in [2.05, 4.69) is 5.16 Å². The van der Waals surface area contributed by atoms with Crippen LogP contribution in [0.15, 0.2) is 10.3 Å². The van der Waals surface area contributed by atoms with E-state index in [1.54, 1.807) is 0 Å². The first-order valence-corrected chi connectivity index (χ1v) is 4.66.